The third-order valence-corrected chi connectivity index (χ3v) is 3.64. The highest BCUT2D eigenvalue weighted by Gasteiger charge is 2.27. The van der Waals surface area contributed by atoms with Gasteiger partial charge in [-0.25, -0.2) is 4.79 Å². The van der Waals surface area contributed by atoms with Gasteiger partial charge in [-0.3, -0.25) is 9.78 Å². The summed E-state index contributed by atoms with van der Waals surface area (Å²) in [5.74, 6) is -0.555. The van der Waals surface area contributed by atoms with E-state index in [1.54, 1.807) is 18.5 Å². The van der Waals surface area contributed by atoms with Crippen LogP contribution >= 0.6 is 0 Å². The molecule has 0 saturated heterocycles. The normalized spacial score (nSPS) is 13.8. The van der Waals surface area contributed by atoms with Gasteiger partial charge in [0.05, 0.1) is 23.5 Å². The van der Waals surface area contributed by atoms with E-state index >= 15 is 0 Å². The topological polar surface area (TPSA) is 101 Å². The minimum atomic E-state index is -0.999. The minimum absolute atomic E-state index is 0.161. The van der Waals surface area contributed by atoms with Crippen molar-refractivity contribution in [3.63, 3.8) is 0 Å². The molecule has 3 heterocycles. The van der Waals surface area contributed by atoms with Crippen molar-refractivity contribution in [1.29, 1.82) is 0 Å². The highest BCUT2D eigenvalue weighted by atomic mass is 16.4. The first kappa shape index (κ1) is 13.2. The summed E-state index contributed by atoms with van der Waals surface area (Å²) in [6, 6.07) is 5.41. The number of amides is 2. The number of hydrogen-bond donors (Lipinski definition) is 2. The average Bonchev–Trinajstić information content (AvgIpc) is 2.87. The van der Waals surface area contributed by atoms with Crippen molar-refractivity contribution in [3.8, 4) is 11.3 Å². The van der Waals surface area contributed by atoms with E-state index in [2.05, 4.69) is 4.98 Å². The van der Waals surface area contributed by atoms with Crippen LogP contribution in [0.15, 0.2) is 30.6 Å². The zero-order valence-corrected chi connectivity index (χ0v) is 11.2. The van der Waals surface area contributed by atoms with Gasteiger partial charge < -0.3 is 20.3 Å². The fourth-order valence-corrected chi connectivity index (χ4v) is 2.63. The van der Waals surface area contributed by atoms with Gasteiger partial charge in [-0.15, -0.1) is 0 Å². The molecule has 3 N–H and O–H groups in total. The van der Waals surface area contributed by atoms with Crippen LogP contribution in [0.2, 0.25) is 0 Å². The fraction of sp³-hybridized carbons (Fsp3) is 0.214. The molecule has 3 rings (SSSR count). The maximum absolute atomic E-state index is 11.6. The van der Waals surface area contributed by atoms with E-state index in [0.717, 1.165) is 11.3 Å². The molecular weight excluding hydrogens is 272 g/mol. The van der Waals surface area contributed by atoms with Crippen molar-refractivity contribution in [2.45, 2.75) is 13.1 Å². The van der Waals surface area contributed by atoms with Gasteiger partial charge >= 0.3 is 6.09 Å². The monoisotopic (exact) mass is 286 g/mol. The Balaban J connectivity index is 2.12. The molecule has 0 aliphatic carbocycles. The molecule has 1 aliphatic rings. The van der Waals surface area contributed by atoms with Gasteiger partial charge in [0.1, 0.15) is 0 Å². The van der Waals surface area contributed by atoms with Crippen molar-refractivity contribution in [1.82, 2.24) is 14.5 Å². The van der Waals surface area contributed by atoms with E-state index in [1.165, 1.54) is 4.90 Å². The van der Waals surface area contributed by atoms with Gasteiger partial charge in [-0.05, 0) is 18.2 Å². The van der Waals surface area contributed by atoms with Crippen LogP contribution < -0.4 is 5.73 Å². The largest absolute Gasteiger partial charge is 0.465 e. The van der Waals surface area contributed by atoms with Crippen molar-refractivity contribution >= 4 is 12.0 Å². The summed E-state index contributed by atoms with van der Waals surface area (Å²) in [7, 11) is 0. The molecule has 0 aromatic carbocycles. The molecule has 2 aromatic rings. The first-order valence-electron chi connectivity index (χ1n) is 6.48. The van der Waals surface area contributed by atoms with Gasteiger partial charge in [0.25, 0.3) is 5.91 Å². The van der Waals surface area contributed by atoms with Crippen LogP contribution in [0.1, 0.15) is 16.1 Å². The predicted octanol–water partition coefficient (Wildman–Crippen LogP) is 1.14. The van der Waals surface area contributed by atoms with Crippen molar-refractivity contribution in [2.75, 3.05) is 6.54 Å². The molecule has 0 atom stereocenters. The number of fused-ring (bicyclic) bond motifs is 1. The number of hydrogen-bond acceptors (Lipinski definition) is 3. The number of pyridine rings is 1. The summed E-state index contributed by atoms with van der Waals surface area (Å²) in [6.45, 7) is 1.02. The molecule has 0 fully saturated rings. The summed E-state index contributed by atoms with van der Waals surface area (Å²) < 4.78 is 1.94. The van der Waals surface area contributed by atoms with Gasteiger partial charge in [0.15, 0.2) is 0 Å². The van der Waals surface area contributed by atoms with Gasteiger partial charge in [0.2, 0.25) is 0 Å². The van der Waals surface area contributed by atoms with Crippen molar-refractivity contribution in [3.05, 3.63) is 41.9 Å². The van der Waals surface area contributed by atoms with Gasteiger partial charge in [-0.2, -0.15) is 0 Å². The Morgan fingerprint density at radius 1 is 1.33 bits per heavy atom. The predicted molar refractivity (Wildman–Crippen MR) is 74.6 cm³/mol. The molecule has 0 bridgehead atoms. The molecule has 21 heavy (non-hydrogen) atoms. The summed E-state index contributed by atoms with van der Waals surface area (Å²) in [4.78, 5) is 28.1. The number of primary amides is 1. The number of carbonyl (C=O) groups is 2. The maximum Gasteiger partial charge on any atom is 0.407 e. The Bertz CT molecular complexity index is 709. The number of nitrogens with two attached hydrogens (primary N) is 1. The number of nitrogens with zero attached hydrogens (tertiary/aromatic N) is 3. The molecule has 0 radical (unpaired) electrons. The quantitative estimate of drug-likeness (QED) is 0.864. The lowest BCUT2D eigenvalue weighted by Crippen LogP contribution is -2.38. The van der Waals surface area contributed by atoms with E-state index < -0.39 is 12.0 Å². The lowest BCUT2D eigenvalue weighted by molar-refractivity contribution is 0.0993. The molecule has 0 unspecified atom stereocenters. The Hall–Kier alpha value is -2.83. The second-order valence-electron chi connectivity index (χ2n) is 4.85. The first-order valence-corrected chi connectivity index (χ1v) is 6.48. The minimum Gasteiger partial charge on any atom is -0.465 e. The Kier molecular flexibility index (Phi) is 3.09. The summed E-state index contributed by atoms with van der Waals surface area (Å²) in [5, 5.41) is 9.11. The lowest BCUT2D eigenvalue weighted by Gasteiger charge is -2.27. The van der Waals surface area contributed by atoms with Crippen molar-refractivity contribution < 1.29 is 14.7 Å². The van der Waals surface area contributed by atoms with Crippen LogP contribution in [0.5, 0.6) is 0 Å². The van der Waals surface area contributed by atoms with E-state index in [1.807, 2.05) is 16.7 Å². The third kappa shape index (κ3) is 2.22. The van der Waals surface area contributed by atoms with Crippen molar-refractivity contribution in [2.24, 2.45) is 5.73 Å². The highest BCUT2D eigenvalue weighted by Crippen LogP contribution is 2.28. The number of aromatic nitrogens is 2. The first-order chi connectivity index (χ1) is 10.1. The highest BCUT2D eigenvalue weighted by molar-refractivity contribution is 5.96. The summed E-state index contributed by atoms with van der Waals surface area (Å²) in [6.07, 6.45) is 2.38. The Morgan fingerprint density at radius 2 is 2.14 bits per heavy atom. The Labute approximate surface area is 120 Å². The van der Waals surface area contributed by atoms with E-state index in [0.29, 0.717) is 24.3 Å². The Morgan fingerprint density at radius 3 is 2.76 bits per heavy atom. The molecule has 2 amide bonds. The molecule has 1 aliphatic heterocycles. The van der Waals surface area contributed by atoms with Crippen LogP contribution in [0.3, 0.4) is 0 Å². The molecule has 7 heteroatoms. The molecular formula is C14H14N4O3. The molecule has 108 valence electrons. The lowest BCUT2D eigenvalue weighted by atomic mass is 10.2. The standard InChI is InChI=1S/C14H14N4O3/c15-13(19)10-6-11(9-2-1-3-16-7-9)18-5-4-17(14(20)21)8-12(10)18/h1-3,6-7H,4-5,8H2,(H2,15,19)(H,20,21). The second-order valence-corrected chi connectivity index (χ2v) is 4.85. The zero-order valence-electron chi connectivity index (χ0n) is 11.2. The zero-order chi connectivity index (χ0) is 15.0. The molecule has 0 spiro atoms. The maximum atomic E-state index is 11.6. The molecule has 7 nitrogen and oxygen atoms in total. The fourth-order valence-electron chi connectivity index (χ4n) is 2.63. The van der Waals surface area contributed by atoms with E-state index in [4.69, 9.17) is 10.8 Å². The van der Waals surface area contributed by atoms with Crippen LogP contribution in [0, 0.1) is 0 Å². The van der Waals surface area contributed by atoms with E-state index in [-0.39, 0.29) is 6.54 Å². The summed E-state index contributed by atoms with van der Waals surface area (Å²) >= 11 is 0. The van der Waals surface area contributed by atoms with Crippen LogP contribution in [0.4, 0.5) is 4.79 Å². The van der Waals surface area contributed by atoms with E-state index in [9.17, 15) is 9.59 Å². The van der Waals surface area contributed by atoms with Crippen LogP contribution in [-0.2, 0) is 13.1 Å². The number of rotatable bonds is 2. The SMILES string of the molecule is NC(=O)c1cc(-c2cccnc2)n2c1CN(C(=O)O)CC2. The molecule has 2 aromatic heterocycles. The van der Waals surface area contributed by atoms with Crippen LogP contribution in [-0.4, -0.2) is 38.1 Å². The summed E-state index contributed by atoms with van der Waals surface area (Å²) in [5.41, 5.74) is 8.11. The third-order valence-electron chi connectivity index (χ3n) is 3.64. The van der Waals surface area contributed by atoms with Gasteiger partial charge in [-0.1, -0.05) is 0 Å². The smallest absolute Gasteiger partial charge is 0.407 e. The number of carboxylic acid groups (broad SMARTS) is 1. The van der Waals surface area contributed by atoms with Gasteiger partial charge in [0, 0.05) is 31.0 Å². The second kappa shape index (κ2) is 4.93. The molecule has 0 saturated carbocycles. The number of carbonyl (C=O) groups excluding carboxylic acids is 1. The average molecular weight is 286 g/mol. The van der Waals surface area contributed by atoms with Crippen LogP contribution in [0.25, 0.3) is 11.3 Å².